The van der Waals surface area contributed by atoms with Crippen molar-refractivity contribution in [1.82, 2.24) is 9.80 Å². The molecule has 0 N–H and O–H groups in total. The highest BCUT2D eigenvalue weighted by Gasteiger charge is 2.55. The van der Waals surface area contributed by atoms with Crippen molar-refractivity contribution in [3.05, 3.63) is 35.6 Å². The lowest BCUT2D eigenvalue weighted by molar-refractivity contribution is -0.137. The van der Waals surface area contributed by atoms with E-state index in [9.17, 15) is 14.0 Å². The lowest BCUT2D eigenvalue weighted by Crippen LogP contribution is -2.57. The molecule has 0 bridgehead atoms. The van der Waals surface area contributed by atoms with Gasteiger partial charge in [0.2, 0.25) is 5.91 Å². The number of carbonyl (C=O) groups is 2. The first-order valence-corrected chi connectivity index (χ1v) is 10.0. The van der Waals surface area contributed by atoms with Crippen molar-refractivity contribution < 1.29 is 18.7 Å². The summed E-state index contributed by atoms with van der Waals surface area (Å²) in [5.41, 5.74) is -0.781. The van der Waals surface area contributed by atoms with E-state index in [1.54, 1.807) is 17.0 Å². The van der Waals surface area contributed by atoms with Gasteiger partial charge in [-0.05, 0) is 50.2 Å². The van der Waals surface area contributed by atoms with Crippen molar-refractivity contribution >= 4 is 11.8 Å². The van der Waals surface area contributed by atoms with E-state index in [1.807, 2.05) is 4.90 Å². The molecule has 27 heavy (non-hydrogen) atoms. The maximum absolute atomic E-state index is 14.4. The fourth-order valence-corrected chi connectivity index (χ4v) is 4.91. The number of hydrogen-bond donors (Lipinski definition) is 0. The van der Waals surface area contributed by atoms with Crippen molar-refractivity contribution in [2.24, 2.45) is 5.92 Å². The summed E-state index contributed by atoms with van der Waals surface area (Å²) >= 11 is 0. The van der Waals surface area contributed by atoms with Gasteiger partial charge in [-0.3, -0.25) is 14.5 Å². The first-order valence-electron chi connectivity index (χ1n) is 10.0. The summed E-state index contributed by atoms with van der Waals surface area (Å²) in [6.07, 6.45) is 5.38. The average Bonchev–Trinajstić information content (AvgIpc) is 3.30. The van der Waals surface area contributed by atoms with E-state index in [2.05, 4.69) is 6.92 Å². The predicted molar refractivity (Wildman–Crippen MR) is 98.5 cm³/mol. The summed E-state index contributed by atoms with van der Waals surface area (Å²) in [7, 11) is 0. The maximum Gasteiger partial charge on any atom is 0.259 e. The SMILES string of the molecule is C[C@H]1CCC[C@@]2(C1)OC[C@@H](C(=O)N1CCCC1)N2C(=O)c1ccccc1F. The Kier molecular flexibility index (Phi) is 4.93. The van der Waals surface area contributed by atoms with E-state index in [0.717, 1.165) is 38.8 Å². The molecule has 2 amide bonds. The third kappa shape index (κ3) is 3.24. The second-order valence-corrected chi connectivity index (χ2v) is 8.16. The van der Waals surface area contributed by atoms with Crippen LogP contribution >= 0.6 is 0 Å². The molecule has 2 saturated heterocycles. The molecule has 1 spiro atoms. The lowest BCUT2D eigenvalue weighted by atomic mass is 9.83. The monoisotopic (exact) mass is 374 g/mol. The number of hydrogen-bond acceptors (Lipinski definition) is 3. The van der Waals surface area contributed by atoms with Crippen LogP contribution in [0, 0.1) is 11.7 Å². The van der Waals surface area contributed by atoms with Gasteiger partial charge in [0.1, 0.15) is 17.6 Å². The van der Waals surface area contributed by atoms with Gasteiger partial charge < -0.3 is 9.64 Å². The minimum Gasteiger partial charge on any atom is -0.353 e. The molecule has 1 aromatic rings. The zero-order valence-corrected chi connectivity index (χ0v) is 15.8. The third-order valence-corrected chi connectivity index (χ3v) is 6.22. The van der Waals surface area contributed by atoms with Crippen molar-refractivity contribution in [3.63, 3.8) is 0 Å². The second-order valence-electron chi connectivity index (χ2n) is 8.16. The van der Waals surface area contributed by atoms with E-state index < -0.39 is 23.5 Å². The number of nitrogens with zero attached hydrogens (tertiary/aromatic N) is 2. The first kappa shape index (κ1) is 18.4. The Labute approximate surface area is 159 Å². The van der Waals surface area contributed by atoms with Crippen LogP contribution in [0.25, 0.3) is 0 Å². The Hall–Kier alpha value is -1.95. The van der Waals surface area contributed by atoms with Crippen LogP contribution in [0.3, 0.4) is 0 Å². The van der Waals surface area contributed by atoms with Gasteiger partial charge in [0.05, 0.1) is 12.2 Å². The van der Waals surface area contributed by atoms with Crippen LogP contribution in [0.1, 0.15) is 55.8 Å². The molecule has 0 radical (unpaired) electrons. The van der Waals surface area contributed by atoms with Gasteiger partial charge in [-0.1, -0.05) is 25.5 Å². The number of amides is 2. The van der Waals surface area contributed by atoms with E-state index in [1.165, 1.54) is 12.1 Å². The highest BCUT2D eigenvalue weighted by Crippen LogP contribution is 2.44. The molecule has 0 unspecified atom stereocenters. The van der Waals surface area contributed by atoms with Gasteiger partial charge >= 0.3 is 0 Å². The molecule has 3 atom stereocenters. The Bertz CT molecular complexity index is 734. The summed E-state index contributed by atoms with van der Waals surface area (Å²) < 4.78 is 20.5. The van der Waals surface area contributed by atoms with Gasteiger partial charge in [0, 0.05) is 13.1 Å². The molecule has 1 aromatic carbocycles. The number of rotatable bonds is 2. The van der Waals surface area contributed by atoms with Gasteiger partial charge in [0.25, 0.3) is 5.91 Å². The largest absolute Gasteiger partial charge is 0.353 e. The van der Waals surface area contributed by atoms with Gasteiger partial charge in [-0.25, -0.2) is 4.39 Å². The minimum atomic E-state index is -0.795. The minimum absolute atomic E-state index is 0.0137. The third-order valence-electron chi connectivity index (χ3n) is 6.22. The molecule has 3 aliphatic rings. The summed E-state index contributed by atoms with van der Waals surface area (Å²) in [6, 6.07) is 5.34. The topological polar surface area (TPSA) is 49.9 Å². The Morgan fingerprint density at radius 1 is 1.19 bits per heavy atom. The van der Waals surface area contributed by atoms with Gasteiger partial charge in [0.15, 0.2) is 0 Å². The van der Waals surface area contributed by atoms with Crippen LogP contribution in [0.2, 0.25) is 0 Å². The van der Waals surface area contributed by atoms with E-state index in [-0.39, 0.29) is 18.1 Å². The molecule has 2 heterocycles. The van der Waals surface area contributed by atoms with Crippen LogP contribution in [0.4, 0.5) is 4.39 Å². The number of ether oxygens (including phenoxy) is 1. The maximum atomic E-state index is 14.4. The average molecular weight is 374 g/mol. The molecule has 5 nitrogen and oxygen atoms in total. The normalized spacial score (nSPS) is 30.9. The highest BCUT2D eigenvalue weighted by atomic mass is 19.1. The molecule has 1 aliphatic carbocycles. The van der Waals surface area contributed by atoms with Crippen LogP contribution < -0.4 is 0 Å². The number of likely N-dealkylation sites (tertiary alicyclic amines) is 1. The van der Waals surface area contributed by atoms with Gasteiger partial charge in [-0.2, -0.15) is 0 Å². The molecule has 146 valence electrons. The predicted octanol–water partition coefficient (Wildman–Crippen LogP) is 3.20. The van der Waals surface area contributed by atoms with Gasteiger partial charge in [-0.15, -0.1) is 0 Å². The Balaban J connectivity index is 1.70. The Morgan fingerprint density at radius 3 is 2.63 bits per heavy atom. The molecule has 3 fully saturated rings. The number of benzene rings is 1. The number of carbonyl (C=O) groups excluding carboxylic acids is 2. The zero-order chi connectivity index (χ0) is 19.0. The number of halogens is 1. The molecule has 2 aliphatic heterocycles. The fraction of sp³-hybridized carbons (Fsp3) is 0.619. The van der Waals surface area contributed by atoms with Crippen molar-refractivity contribution in [3.8, 4) is 0 Å². The molecule has 6 heteroatoms. The standard InChI is InChI=1S/C21H27FN2O3/c1-15-7-6-10-21(13-15)24(19(25)16-8-2-3-9-17(16)22)18(14-27-21)20(26)23-11-4-5-12-23/h2-3,8-9,15,18H,4-7,10-14H2,1H3/t15-,18-,21-/m0/s1. The summed E-state index contributed by atoms with van der Waals surface area (Å²) in [5, 5.41) is 0. The van der Waals surface area contributed by atoms with Crippen molar-refractivity contribution in [2.75, 3.05) is 19.7 Å². The quantitative estimate of drug-likeness (QED) is 0.799. The Morgan fingerprint density at radius 2 is 1.93 bits per heavy atom. The van der Waals surface area contributed by atoms with Crippen LogP contribution in [0.5, 0.6) is 0 Å². The van der Waals surface area contributed by atoms with E-state index in [4.69, 9.17) is 4.74 Å². The van der Waals surface area contributed by atoms with Crippen LogP contribution in [0.15, 0.2) is 24.3 Å². The lowest BCUT2D eigenvalue weighted by Gasteiger charge is -2.43. The second kappa shape index (κ2) is 7.23. The molecule has 0 aromatic heterocycles. The highest BCUT2D eigenvalue weighted by molar-refractivity contribution is 5.98. The van der Waals surface area contributed by atoms with Crippen molar-refractivity contribution in [1.29, 1.82) is 0 Å². The van der Waals surface area contributed by atoms with E-state index in [0.29, 0.717) is 18.8 Å². The smallest absolute Gasteiger partial charge is 0.259 e. The molecular formula is C21H27FN2O3. The first-order chi connectivity index (χ1) is 13.0. The molecular weight excluding hydrogens is 347 g/mol. The van der Waals surface area contributed by atoms with Crippen LogP contribution in [-0.2, 0) is 9.53 Å². The zero-order valence-electron chi connectivity index (χ0n) is 15.8. The van der Waals surface area contributed by atoms with E-state index >= 15 is 0 Å². The summed E-state index contributed by atoms with van der Waals surface area (Å²) in [4.78, 5) is 30.0. The van der Waals surface area contributed by atoms with Crippen molar-refractivity contribution in [2.45, 2.75) is 57.2 Å². The fourth-order valence-electron chi connectivity index (χ4n) is 4.91. The molecule has 1 saturated carbocycles. The summed E-state index contributed by atoms with van der Waals surface area (Å²) in [6.45, 7) is 3.79. The summed E-state index contributed by atoms with van der Waals surface area (Å²) in [5.74, 6) is -0.652. The molecule has 4 rings (SSSR count). The van der Waals surface area contributed by atoms with Crippen LogP contribution in [-0.4, -0.2) is 53.1 Å².